The highest BCUT2D eigenvalue weighted by molar-refractivity contribution is 6.31. The molecule has 0 bridgehead atoms. The van der Waals surface area contributed by atoms with Crippen molar-refractivity contribution < 1.29 is 19.1 Å². The summed E-state index contributed by atoms with van der Waals surface area (Å²) in [6.45, 7) is 5.91. The molecular weight excluding hydrogens is 418 g/mol. The third-order valence-electron chi connectivity index (χ3n) is 4.98. The molecule has 162 valence electrons. The van der Waals surface area contributed by atoms with Gasteiger partial charge in [-0.05, 0) is 47.5 Å². The summed E-state index contributed by atoms with van der Waals surface area (Å²) in [7, 11) is 3.11. The fraction of sp³-hybridized carbons (Fsp3) is 0.250. The Balaban J connectivity index is 0.00000132. The van der Waals surface area contributed by atoms with Crippen molar-refractivity contribution in [3.8, 4) is 17.2 Å². The van der Waals surface area contributed by atoms with E-state index in [0.29, 0.717) is 33.4 Å². The molecule has 4 rings (SSSR count). The van der Waals surface area contributed by atoms with E-state index >= 15 is 0 Å². The van der Waals surface area contributed by atoms with Gasteiger partial charge in [-0.2, -0.15) is 0 Å². The van der Waals surface area contributed by atoms with Gasteiger partial charge in [0.25, 0.3) is 5.70 Å². The first kappa shape index (κ1) is 22.4. The number of hydrogen-bond donors (Lipinski definition) is 0. The number of halogens is 1. The average Bonchev–Trinajstić information content (AvgIpc) is 2.78. The zero-order valence-electron chi connectivity index (χ0n) is 18.1. The summed E-state index contributed by atoms with van der Waals surface area (Å²) >= 11 is 6.37. The number of nitrogens with zero attached hydrogens (tertiary/aromatic N) is 1. The van der Waals surface area contributed by atoms with Gasteiger partial charge in [0.2, 0.25) is 6.10 Å². The maximum absolute atomic E-state index is 11.9. The van der Waals surface area contributed by atoms with Crippen LogP contribution in [0.4, 0.5) is 0 Å². The van der Waals surface area contributed by atoms with Crippen molar-refractivity contribution in [2.45, 2.75) is 26.9 Å². The fourth-order valence-corrected chi connectivity index (χ4v) is 3.87. The van der Waals surface area contributed by atoms with Gasteiger partial charge in [0.05, 0.1) is 19.1 Å². The second-order valence-corrected chi connectivity index (χ2v) is 7.16. The lowest BCUT2D eigenvalue weighted by molar-refractivity contribution is -0.434. The Morgan fingerprint density at radius 1 is 1.03 bits per heavy atom. The highest BCUT2D eigenvalue weighted by Gasteiger charge is 2.35. The fourth-order valence-electron chi connectivity index (χ4n) is 3.53. The zero-order valence-corrected chi connectivity index (χ0v) is 18.8. The Kier molecular flexibility index (Phi) is 6.71. The maximum Gasteiger partial charge on any atom is 0.291 e. The van der Waals surface area contributed by atoms with Crippen molar-refractivity contribution >= 4 is 28.4 Å². The number of ether oxygens (including phenoxy) is 3. The van der Waals surface area contributed by atoms with E-state index < -0.39 is 11.0 Å². The quantitative estimate of drug-likeness (QED) is 0.337. The van der Waals surface area contributed by atoms with Crippen LogP contribution in [0.15, 0.2) is 48.2 Å². The smallest absolute Gasteiger partial charge is 0.291 e. The van der Waals surface area contributed by atoms with E-state index in [4.69, 9.17) is 25.8 Å². The Morgan fingerprint density at radius 2 is 1.71 bits per heavy atom. The van der Waals surface area contributed by atoms with Crippen molar-refractivity contribution in [2.75, 3.05) is 14.2 Å². The SMILES string of the molecule is CC.COc1cc2ccc3c(c2cc1OC)C=C([N+](=O)[O-])C(c1ccc(C)cc1Cl)O3. The van der Waals surface area contributed by atoms with Crippen LogP contribution in [0.25, 0.3) is 16.8 Å². The first-order chi connectivity index (χ1) is 14.9. The van der Waals surface area contributed by atoms with Crippen LogP contribution >= 0.6 is 11.6 Å². The van der Waals surface area contributed by atoms with E-state index in [9.17, 15) is 10.1 Å². The molecular formula is C24H24ClNO5. The summed E-state index contributed by atoms with van der Waals surface area (Å²) in [4.78, 5) is 11.4. The predicted molar refractivity (Wildman–Crippen MR) is 123 cm³/mol. The molecule has 1 aliphatic rings. The monoisotopic (exact) mass is 441 g/mol. The summed E-state index contributed by atoms with van der Waals surface area (Å²) in [5.41, 5.74) is 2.06. The summed E-state index contributed by atoms with van der Waals surface area (Å²) in [5, 5.41) is 13.9. The molecule has 31 heavy (non-hydrogen) atoms. The van der Waals surface area contributed by atoms with Gasteiger partial charge in [-0.25, -0.2) is 0 Å². The van der Waals surface area contributed by atoms with Gasteiger partial charge < -0.3 is 14.2 Å². The van der Waals surface area contributed by atoms with E-state index in [2.05, 4.69) is 0 Å². The van der Waals surface area contributed by atoms with Crippen LogP contribution in [0.2, 0.25) is 5.02 Å². The molecule has 0 saturated heterocycles. The van der Waals surface area contributed by atoms with Crippen molar-refractivity contribution in [2.24, 2.45) is 0 Å². The highest BCUT2D eigenvalue weighted by Crippen LogP contribution is 2.44. The minimum atomic E-state index is -0.900. The third-order valence-corrected chi connectivity index (χ3v) is 5.31. The first-order valence-electron chi connectivity index (χ1n) is 9.90. The van der Waals surface area contributed by atoms with Gasteiger partial charge in [-0.1, -0.05) is 43.6 Å². The normalized spacial score (nSPS) is 14.5. The molecule has 0 N–H and O–H groups in total. The molecule has 3 aromatic rings. The predicted octanol–water partition coefficient (Wildman–Crippen LogP) is 6.60. The van der Waals surface area contributed by atoms with Gasteiger partial charge >= 0.3 is 0 Å². The van der Waals surface area contributed by atoms with Crippen molar-refractivity contribution in [1.29, 1.82) is 0 Å². The highest BCUT2D eigenvalue weighted by atomic mass is 35.5. The van der Waals surface area contributed by atoms with Gasteiger partial charge in [0.1, 0.15) is 5.75 Å². The van der Waals surface area contributed by atoms with Gasteiger partial charge in [-0.15, -0.1) is 0 Å². The molecule has 0 aliphatic carbocycles. The minimum absolute atomic E-state index is 0.0782. The van der Waals surface area contributed by atoms with Crippen LogP contribution in [0, 0.1) is 17.0 Å². The molecule has 0 radical (unpaired) electrons. The summed E-state index contributed by atoms with van der Waals surface area (Å²) in [6, 6.07) is 12.7. The summed E-state index contributed by atoms with van der Waals surface area (Å²) in [5.74, 6) is 1.66. The molecule has 0 saturated carbocycles. The van der Waals surface area contributed by atoms with Crippen LogP contribution in [0.1, 0.15) is 36.6 Å². The van der Waals surface area contributed by atoms with Crippen LogP contribution in [0.3, 0.4) is 0 Å². The largest absolute Gasteiger partial charge is 0.493 e. The van der Waals surface area contributed by atoms with Crippen molar-refractivity contribution in [1.82, 2.24) is 0 Å². The second kappa shape index (κ2) is 9.27. The van der Waals surface area contributed by atoms with Crippen LogP contribution in [-0.2, 0) is 0 Å². The van der Waals surface area contributed by atoms with Gasteiger partial charge in [0.15, 0.2) is 11.5 Å². The number of methoxy groups -OCH3 is 2. The molecule has 7 heteroatoms. The van der Waals surface area contributed by atoms with Gasteiger partial charge in [-0.3, -0.25) is 10.1 Å². The van der Waals surface area contributed by atoms with Crippen molar-refractivity contribution in [3.05, 3.63) is 80.0 Å². The number of benzene rings is 3. The molecule has 0 fully saturated rings. The van der Waals surface area contributed by atoms with E-state index in [1.165, 1.54) is 0 Å². The molecule has 6 nitrogen and oxygen atoms in total. The Morgan fingerprint density at radius 3 is 2.32 bits per heavy atom. The lowest BCUT2D eigenvalue weighted by Gasteiger charge is -2.24. The maximum atomic E-state index is 11.9. The summed E-state index contributed by atoms with van der Waals surface area (Å²) < 4.78 is 16.8. The molecule has 1 unspecified atom stereocenters. The first-order valence-corrected chi connectivity index (χ1v) is 10.3. The van der Waals surface area contributed by atoms with Gasteiger partial charge in [0, 0.05) is 22.2 Å². The third kappa shape index (κ3) is 4.16. The summed E-state index contributed by atoms with van der Waals surface area (Å²) in [6.07, 6.45) is 0.650. The average molecular weight is 442 g/mol. The topological polar surface area (TPSA) is 70.8 Å². The molecule has 1 aliphatic heterocycles. The Hall–Kier alpha value is -3.25. The standard InChI is InChI=1S/C22H18ClNO5.C2H6/c1-12-4-6-14(17(23)8-12)22-18(24(25)26)10-16-15-11-21(28-3)20(27-2)9-13(15)5-7-19(16)29-22;1-2/h4-11,22H,1-3H3;1-2H3. The van der Waals surface area contributed by atoms with E-state index in [1.807, 2.05) is 39.0 Å². The molecule has 1 atom stereocenters. The number of hydrogen-bond acceptors (Lipinski definition) is 5. The number of fused-ring (bicyclic) bond motifs is 3. The van der Waals surface area contributed by atoms with Crippen molar-refractivity contribution in [3.63, 3.8) is 0 Å². The second-order valence-electron chi connectivity index (χ2n) is 6.75. The van der Waals surface area contributed by atoms with E-state index in [1.54, 1.807) is 44.6 Å². The Labute approximate surface area is 186 Å². The molecule has 0 spiro atoms. The number of rotatable bonds is 4. The zero-order chi connectivity index (χ0) is 22.7. The lowest BCUT2D eigenvalue weighted by Crippen LogP contribution is -2.20. The number of nitro groups is 1. The lowest BCUT2D eigenvalue weighted by atomic mass is 9.96. The molecule has 1 heterocycles. The Bertz CT molecular complexity index is 1170. The van der Waals surface area contributed by atoms with E-state index in [-0.39, 0.29) is 5.70 Å². The van der Waals surface area contributed by atoms with Crippen LogP contribution in [-0.4, -0.2) is 19.1 Å². The molecule has 0 aromatic heterocycles. The minimum Gasteiger partial charge on any atom is -0.493 e. The molecule has 0 amide bonds. The molecule has 3 aromatic carbocycles. The number of aryl methyl sites for hydroxylation is 1. The van der Waals surface area contributed by atoms with Crippen LogP contribution in [0.5, 0.6) is 17.2 Å². The van der Waals surface area contributed by atoms with Crippen LogP contribution < -0.4 is 14.2 Å². The van der Waals surface area contributed by atoms with E-state index in [0.717, 1.165) is 16.3 Å².